The molecule has 158 valence electrons. The fourth-order valence-corrected chi connectivity index (χ4v) is 4.14. The van der Waals surface area contributed by atoms with Gasteiger partial charge in [0, 0.05) is 23.4 Å². The van der Waals surface area contributed by atoms with E-state index in [-0.39, 0.29) is 11.8 Å². The molecule has 1 aliphatic rings. The Bertz CT molecular complexity index is 1090. The lowest BCUT2D eigenvalue weighted by Crippen LogP contribution is -2.42. The number of rotatable bonds is 5. The van der Waals surface area contributed by atoms with Crippen molar-refractivity contribution in [1.82, 2.24) is 5.32 Å². The first kappa shape index (κ1) is 21.9. The molecule has 0 aliphatic carbocycles. The fraction of sp³-hybridized carbons (Fsp3) is 0.333. The fourth-order valence-electron chi connectivity index (χ4n) is 3.25. The van der Waals surface area contributed by atoms with Crippen LogP contribution in [-0.2, 0) is 10.0 Å². The van der Waals surface area contributed by atoms with Crippen LogP contribution in [0.15, 0.2) is 42.5 Å². The van der Waals surface area contributed by atoms with Gasteiger partial charge in [0.15, 0.2) is 5.11 Å². The molecule has 0 saturated carbocycles. The molecule has 7 nitrogen and oxygen atoms in total. The number of thiocarbonyl (C=S) groups is 1. The van der Waals surface area contributed by atoms with E-state index in [1.807, 2.05) is 13.8 Å². The van der Waals surface area contributed by atoms with Crippen molar-refractivity contribution in [2.24, 2.45) is 0 Å². The van der Waals surface area contributed by atoms with Crippen LogP contribution in [-0.4, -0.2) is 24.9 Å². The Morgan fingerprint density at radius 2 is 1.90 bits per heavy atom. The Balaban J connectivity index is 1.81. The predicted molar refractivity (Wildman–Crippen MR) is 122 cm³/mol. The van der Waals surface area contributed by atoms with Crippen molar-refractivity contribution in [3.63, 3.8) is 0 Å². The maximum atomic E-state index is 11.9. The third-order valence-electron chi connectivity index (χ3n) is 4.70. The highest BCUT2D eigenvalue weighted by Crippen LogP contribution is 2.40. The standard InChI is InChI=1S/C21H24N4O3S2/c1-4-30(26,27)25-16-9-10-19-17(11-16)18(12-21(2,3)28-19)24-20(29)23-15-7-5-14(13-22)6-8-15/h5-11,18,25H,4,12H2,1-3H3,(H2,23,24,29). The van der Waals surface area contributed by atoms with Crippen molar-refractivity contribution >= 4 is 38.7 Å². The summed E-state index contributed by atoms with van der Waals surface area (Å²) in [5, 5.41) is 15.8. The molecule has 1 unspecified atom stereocenters. The first-order chi connectivity index (χ1) is 14.1. The van der Waals surface area contributed by atoms with Crippen LogP contribution in [0, 0.1) is 11.3 Å². The minimum absolute atomic E-state index is 0.00606. The average Bonchev–Trinajstić information content (AvgIpc) is 2.68. The molecule has 2 aromatic rings. The molecule has 3 rings (SSSR count). The van der Waals surface area contributed by atoms with Gasteiger partial charge in [0.05, 0.1) is 23.4 Å². The van der Waals surface area contributed by atoms with Crippen molar-refractivity contribution in [3.8, 4) is 11.8 Å². The number of anilines is 2. The first-order valence-corrected chi connectivity index (χ1v) is 11.6. The lowest BCUT2D eigenvalue weighted by molar-refractivity contribution is 0.0697. The summed E-state index contributed by atoms with van der Waals surface area (Å²) in [5.74, 6) is 0.679. The Morgan fingerprint density at radius 1 is 1.23 bits per heavy atom. The summed E-state index contributed by atoms with van der Waals surface area (Å²) in [4.78, 5) is 0. The van der Waals surface area contributed by atoms with Crippen LogP contribution >= 0.6 is 12.2 Å². The van der Waals surface area contributed by atoms with Gasteiger partial charge in [0.25, 0.3) is 0 Å². The molecule has 0 saturated heterocycles. The number of benzene rings is 2. The van der Waals surface area contributed by atoms with Crippen molar-refractivity contribution in [1.29, 1.82) is 5.26 Å². The molecule has 0 radical (unpaired) electrons. The van der Waals surface area contributed by atoms with Gasteiger partial charge < -0.3 is 15.4 Å². The van der Waals surface area contributed by atoms with Crippen LogP contribution in [0.2, 0.25) is 0 Å². The largest absolute Gasteiger partial charge is 0.487 e. The molecule has 1 atom stereocenters. The summed E-state index contributed by atoms with van der Waals surface area (Å²) in [6, 6.07) is 14.1. The van der Waals surface area contributed by atoms with Gasteiger partial charge in [-0.05, 0) is 75.5 Å². The molecular formula is C21H24N4O3S2. The topological polar surface area (TPSA) is 103 Å². The Morgan fingerprint density at radius 3 is 2.53 bits per heavy atom. The SMILES string of the molecule is CCS(=O)(=O)Nc1ccc2c(c1)C(NC(=S)Nc1ccc(C#N)cc1)CC(C)(C)O2. The van der Waals surface area contributed by atoms with E-state index in [0.29, 0.717) is 28.5 Å². The lowest BCUT2D eigenvalue weighted by Gasteiger charge is -2.38. The normalized spacial score (nSPS) is 17.1. The number of hydrogen-bond donors (Lipinski definition) is 3. The summed E-state index contributed by atoms with van der Waals surface area (Å²) < 4.78 is 32.5. The van der Waals surface area contributed by atoms with Crippen LogP contribution in [0.1, 0.15) is 44.4 Å². The summed E-state index contributed by atoms with van der Waals surface area (Å²) in [6.07, 6.45) is 0.638. The number of sulfonamides is 1. The maximum absolute atomic E-state index is 11.9. The molecule has 9 heteroatoms. The molecule has 0 fully saturated rings. The number of nitrogens with one attached hydrogen (secondary N) is 3. The Hall–Kier alpha value is -2.83. The number of hydrogen-bond acceptors (Lipinski definition) is 5. The second kappa shape index (κ2) is 8.50. The van der Waals surface area contributed by atoms with Gasteiger partial charge in [0.2, 0.25) is 10.0 Å². The smallest absolute Gasteiger partial charge is 0.232 e. The highest BCUT2D eigenvalue weighted by molar-refractivity contribution is 7.92. The van der Waals surface area contributed by atoms with E-state index in [0.717, 1.165) is 11.3 Å². The van der Waals surface area contributed by atoms with Gasteiger partial charge in [-0.3, -0.25) is 4.72 Å². The second-order valence-corrected chi connectivity index (χ2v) is 10.1. The van der Waals surface area contributed by atoms with E-state index in [1.54, 1.807) is 49.4 Å². The minimum Gasteiger partial charge on any atom is -0.487 e. The summed E-state index contributed by atoms with van der Waals surface area (Å²) in [5.41, 5.74) is 2.23. The molecule has 0 bridgehead atoms. The zero-order valence-corrected chi connectivity index (χ0v) is 18.7. The highest BCUT2D eigenvalue weighted by Gasteiger charge is 2.34. The molecule has 3 N–H and O–H groups in total. The van der Waals surface area contributed by atoms with Crippen molar-refractivity contribution in [2.75, 3.05) is 15.8 Å². The van der Waals surface area contributed by atoms with Gasteiger partial charge in [-0.2, -0.15) is 5.26 Å². The van der Waals surface area contributed by atoms with Crippen molar-refractivity contribution < 1.29 is 13.2 Å². The monoisotopic (exact) mass is 444 g/mol. The average molecular weight is 445 g/mol. The number of ether oxygens (including phenoxy) is 1. The van der Waals surface area contributed by atoms with Crippen LogP contribution in [0.5, 0.6) is 5.75 Å². The zero-order chi connectivity index (χ0) is 21.9. The van der Waals surface area contributed by atoms with Gasteiger partial charge in [-0.1, -0.05) is 0 Å². The van der Waals surface area contributed by atoms with Gasteiger partial charge >= 0.3 is 0 Å². The van der Waals surface area contributed by atoms with E-state index < -0.39 is 15.6 Å². The van der Waals surface area contributed by atoms with Gasteiger partial charge in [-0.15, -0.1) is 0 Å². The second-order valence-electron chi connectivity index (χ2n) is 7.66. The Kier molecular flexibility index (Phi) is 6.19. The molecule has 1 aliphatic heterocycles. The van der Waals surface area contributed by atoms with E-state index in [2.05, 4.69) is 21.4 Å². The van der Waals surface area contributed by atoms with Gasteiger partial charge in [0.1, 0.15) is 11.4 Å². The molecule has 1 heterocycles. The van der Waals surface area contributed by atoms with E-state index >= 15 is 0 Å². The summed E-state index contributed by atoms with van der Waals surface area (Å²) in [6.45, 7) is 5.58. The third kappa shape index (κ3) is 5.40. The molecule has 30 heavy (non-hydrogen) atoms. The van der Waals surface area contributed by atoms with Crippen LogP contribution in [0.4, 0.5) is 11.4 Å². The third-order valence-corrected chi connectivity index (χ3v) is 6.22. The summed E-state index contributed by atoms with van der Waals surface area (Å²) in [7, 11) is -3.38. The Labute approximate surface area is 182 Å². The lowest BCUT2D eigenvalue weighted by atomic mass is 9.89. The quantitative estimate of drug-likeness (QED) is 0.601. The molecule has 0 spiro atoms. The van der Waals surface area contributed by atoms with Crippen LogP contribution < -0.4 is 20.1 Å². The summed E-state index contributed by atoms with van der Waals surface area (Å²) >= 11 is 5.48. The van der Waals surface area contributed by atoms with E-state index in [9.17, 15) is 8.42 Å². The van der Waals surface area contributed by atoms with Crippen LogP contribution in [0.3, 0.4) is 0 Å². The highest BCUT2D eigenvalue weighted by atomic mass is 32.2. The number of nitrogens with zero attached hydrogens (tertiary/aromatic N) is 1. The van der Waals surface area contributed by atoms with E-state index in [1.165, 1.54) is 0 Å². The zero-order valence-electron chi connectivity index (χ0n) is 17.0. The molecule has 2 aromatic carbocycles. The predicted octanol–water partition coefficient (Wildman–Crippen LogP) is 3.91. The van der Waals surface area contributed by atoms with Crippen molar-refractivity contribution in [2.45, 2.75) is 38.8 Å². The minimum atomic E-state index is -3.38. The van der Waals surface area contributed by atoms with Gasteiger partial charge in [-0.25, -0.2) is 8.42 Å². The maximum Gasteiger partial charge on any atom is 0.232 e. The number of fused-ring (bicyclic) bond motifs is 1. The van der Waals surface area contributed by atoms with Crippen LogP contribution in [0.25, 0.3) is 0 Å². The first-order valence-electron chi connectivity index (χ1n) is 9.52. The molecule has 0 aromatic heterocycles. The van der Waals surface area contributed by atoms with E-state index in [4.69, 9.17) is 22.2 Å². The molecular weight excluding hydrogens is 420 g/mol. The van der Waals surface area contributed by atoms with Crippen molar-refractivity contribution in [3.05, 3.63) is 53.6 Å². The molecule has 0 amide bonds. The number of nitriles is 1.